The molecule has 0 aromatic heterocycles. The summed E-state index contributed by atoms with van der Waals surface area (Å²) in [5, 5.41) is 11.8. The maximum atomic E-state index is 11.8. The molecule has 0 aliphatic carbocycles. The highest BCUT2D eigenvalue weighted by molar-refractivity contribution is 6.30. The van der Waals surface area contributed by atoms with Crippen LogP contribution in [-0.4, -0.2) is 29.1 Å². The lowest BCUT2D eigenvalue weighted by Crippen LogP contribution is -2.38. The van der Waals surface area contributed by atoms with E-state index in [-0.39, 0.29) is 6.54 Å². The number of carboxylic acids is 1. The average Bonchev–Trinajstić information content (AvgIpc) is 2.36. The van der Waals surface area contributed by atoms with Gasteiger partial charge in [0.15, 0.2) is 6.10 Å². The monoisotopic (exact) mass is 299 g/mol. The third-order valence-corrected chi connectivity index (χ3v) is 2.59. The Morgan fingerprint density at radius 3 is 2.40 bits per heavy atom. The van der Waals surface area contributed by atoms with Crippen molar-refractivity contribution in [3.8, 4) is 0 Å². The lowest BCUT2D eigenvalue weighted by molar-refractivity contribution is -0.158. The number of amides is 1. The number of nitrogens with one attached hydrogen (secondary N) is 1. The minimum atomic E-state index is -1.34. The second-order valence-corrected chi connectivity index (χ2v) is 4.48. The molecule has 0 spiro atoms. The Labute approximate surface area is 120 Å². The lowest BCUT2D eigenvalue weighted by atomic mass is 10.2. The first-order chi connectivity index (χ1) is 9.38. The summed E-state index contributed by atoms with van der Waals surface area (Å²) < 4.78 is 4.68. The van der Waals surface area contributed by atoms with Gasteiger partial charge in [-0.2, -0.15) is 0 Å². The number of carboxylic acid groups (broad SMARTS) is 1. The van der Waals surface area contributed by atoms with Gasteiger partial charge in [-0.15, -0.1) is 0 Å². The maximum Gasteiger partial charge on any atom is 0.307 e. The SMILES string of the molecule is CC(=O)O[C@@H](CC(=O)O)C(=O)NCc1ccc(Cl)cc1. The van der Waals surface area contributed by atoms with Gasteiger partial charge in [-0.25, -0.2) is 0 Å². The van der Waals surface area contributed by atoms with E-state index in [0.717, 1.165) is 12.5 Å². The van der Waals surface area contributed by atoms with Crippen LogP contribution in [0, 0.1) is 0 Å². The van der Waals surface area contributed by atoms with Gasteiger partial charge in [0, 0.05) is 18.5 Å². The van der Waals surface area contributed by atoms with E-state index in [1.165, 1.54) is 0 Å². The third-order valence-electron chi connectivity index (χ3n) is 2.34. The lowest BCUT2D eigenvalue weighted by Gasteiger charge is -2.15. The Hall–Kier alpha value is -2.08. The van der Waals surface area contributed by atoms with Gasteiger partial charge >= 0.3 is 11.9 Å². The van der Waals surface area contributed by atoms with Gasteiger partial charge in [-0.1, -0.05) is 23.7 Å². The highest BCUT2D eigenvalue weighted by atomic mass is 35.5. The largest absolute Gasteiger partial charge is 0.481 e. The molecular formula is C13H14ClNO5. The maximum absolute atomic E-state index is 11.8. The molecule has 0 unspecified atom stereocenters. The predicted octanol–water partition coefficient (Wildman–Crippen LogP) is 1.36. The highest BCUT2D eigenvalue weighted by Gasteiger charge is 2.24. The Morgan fingerprint density at radius 1 is 1.30 bits per heavy atom. The summed E-state index contributed by atoms with van der Waals surface area (Å²) in [6.45, 7) is 1.30. The Bertz CT molecular complexity index is 484. The number of carbonyl (C=O) groups is 3. The van der Waals surface area contributed by atoms with Gasteiger partial charge in [0.2, 0.25) is 0 Å². The van der Waals surface area contributed by atoms with Crippen LogP contribution >= 0.6 is 11.6 Å². The van der Waals surface area contributed by atoms with Crippen molar-refractivity contribution in [1.82, 2.24) is 5.32 Å². The standard InChI is InChI=1S/C13H14ClNO5/c1-8(16)20-11(6-12(17)18)13(19)15-7-9-2-4-10(14)5-3-9/h2-5,11H,6-7H2,1H3,(H,15,19)(H,17,18)/t11-/m0/s1. The zero-order chi connectivity index (χ0) is 15.1. The van der Waals surface area contributed by atoms with Crippen molar-refractivity contribution in [1.29, 1.82) is 0 Å². The van der Waals surface area contributed by atoms with Crippen LogP contribution in [0.15, 0.2) is 24.3 Å². The summed E-state index contributed by atoms with van der Waals surface area (Å²) in [6.07, 6.45) is -1.91. The minimum Gasteiger partial charge on any atom is -0.481 e. The average molecular weight is 300 g/mol. The molecule has 0 aliphatic heterocycles. The zero-order valence-electron chi connectivity index (χ0n) is 10.8. The van der Waals surface area contributed by atoms with E-state index in [1.807, 2.05) is 0 Å². The molecule has 7 heteroatoms. The summed E-state index contributed by atoms with van der Waals surface area (Å²) in [4.78, 5) is 33.2. The van der Waals surface area contributed by atoms with Crippen molar-refractivity contribution in [3.05, 3.63) is 34.9 Å². The summed E-state index contributed by atoms with van der Waals surface area (Å²) in [5.41, 5.74) is 0.791. The van der Waals surface area contributed by atoms with Crippen molar-refractivity contribution in [3.63, 3.8) is 0 Å². The number of benzene rings is 1. The summed E-state index contributed by atoms with van der Waals surface area (Å²) in [5.74, 6) is -2.59. The van der Waals surface area contributed by atoms with Crippen molar-refractivity contribution < 1.29 is 24.2 Å². The number of hydrogen-bond donors (Lipinski definition) is 2. The quantitative estimate of drug-likeness (QED) is 0.774. The molecule has 0 aliphatic rings. The molecule has 6 nitrogen and oxygen atoms in total. The molecule has 108 valence electrons. The number of rotatable bonds is 6. The number of hydrogen-bond acceptors (Lipinski definition) is 4. The number of aliphatic carboxylic acids is 1. The van der Waals surface area contributed by atoms with Crippen LogP contribution in [-0.2, 0) is 25.7 Å². The van der Waals surface area contributed by atoms with Crippen LogP contribution in [0.1, 0.15) is 18.9 Å². The molecule has 0 saturated heterocycles. The Morgan fingerprint density at radius 2 is 1.90 bits per heavy atom. The first kappa shape index (κ1) is 16.0. The molecular weight excluding hydrogens is 286 g/mol. The summed E-state index contributed by atoms with van der Waals surface area (Å²) in [6, 6.07) is 6.79. The Balaban J connectivity index is 2.58. The summed E-state index contributed by atoms with van der Waals surface area (Å²) >= 11 is 5.73. The van der Waals surface area contributed by atoms with Gasteiger partial charge in [0.05, 0.1) is 6.42 Å². The number of esters is 1. The van der Waals surface area contributed by atoms with E-state index in [9.17, 15) is 14.4 Å². The third kappa shape index (κ3) is 5.71. The fourth-order valence-electron chi connectivity index (χ4n) is 1.45. The van der Waals surface area contributed by atoms with Crippen LogP contribution < -0.4 is 5.32 Å². The fraction of sp³-hybridized carbons (Fsp3) is 0.308. The molecule has 0 fully saturated rings. The van der Waals surface area contributed by atoms with Crippen LogP contribution in [0.5, 0.6) is 0 Å². The molecule has 0 heterocycles. The molecule has 1 aromatic rings. The van der Waals surface area contributed by atoms with Crippen molar-refractivity contribution >= 4 is 29.4 Å². The van der Waals surface area contributed by atoms with Crippen LogP contribution in [0.3, 0.4) is 0 Å². The topological polar surface area (TPSA) is 92.7 Å². The molecule has 1 rings (SSSR count). The summed E-state index contributed by atoms with van der Waals surface area (Å²) in [7, 11) is 0. The van der Waals surface area contributed by atoms with E-state index < -0.39 is 30.4 Å². The van der Waals surface area contributed by atoms with Crippen LogP contribution in [0.25, 0.3) is 0 Å². The zero-order valence-corrected chi connectivity index (χ0v) is 11.5. The van der Waals surface area contributed by atoms with E-state index in [1.54, 1.807) is 24.3 Å². The van der Waals surface area contributed by atoms with Crippen molar-refractivity contribution in [2.75, 3.05) is 0 Å². The van der Waals surface area contributed by atoms with E-state index in [2.05, 4.69) is 10.1 Å². The Kier molecular flexibility index (Phi) is 5.99. The first-order valence-electron chi connectivity index (χ1n) is 5.79. The smallest absolute Gasteiger partial charge is 0.307 e. The molecule has 2 N–H and O–H groups in total. The molecule has 0 bridgehead atoms. The van der Waals surface area contributed by atoms with Crippen LogP contribution in [0.2, 0.25) is 5.02 Å². The molecule has 0 saturated carbocycles. The van der Waals surface area contributed by atoms with Gasteiger partial charge in [-0.05, 0) is 17.7 Å². The predicted molar refractivity (Wildman–Crippen MR) is 71.1 cm³/mol. The van der Waals surface area contributed by atoms with E-state index in [0.29, 0.717) is 5.02 Å². The van der Waals surface area contributed by atoms with Crippen molar-refractivity contribution in [2.24, 2.45) is 0 Å². The molecule has 0 radical (unpaired) electrons. The number of halogens is 1. The fourth-order valence-corrected chi connectivity index (χ4v) is 1.58. The normalized spacial score (nSPS) is 11.5. The van der Waals surface area contributed by atoms with Crippen molar-refractivity contribution in [2.45, 2.75) is 26.0 Å². The molecule has 1 amide bonds. The number of carbonyl (C=O) groups excluding carboxylic acids is 2. The number of ether oxygens (including phenoxy) is 1. The van der Waals surface area contributed by atoms with Gasteiger partial charge in [0.1, 0.15) is 0 Å². The highest BCUT2D eigenvalue weighted by Crippen LogP contribution is 2.09. The molecule has 1 atom stereocenters. The minimum absolute atomic E-state index is 0.188. The van der Waals surface area contributed by atoms with Gasteiger partial charge in [0.25, 0.3) is 5.91 Å². The van der Waals surface area contributed by atoms with Crippen LogP contribution in [0.4, 0.5) is 0 Å². The van der Waals surface area contributed by atoms with E-state index >= 15 is 0 Å². The second kappa shape index (κ2) is 7.49. The molecule has 20 heavy (non-hydrogen) atoms. The van der Waals surface area contributed by atoms with Gasteiger partial charge in [-0.3, -0.25) is 14.4 Å². The first-order valence-corrected chi connectivity index (χ1v) is 6.17. The van der Waals surface area contributed by atoms with E-state index in [4.69, 9.17) is 16.7 Å². The van der Waals surface area contributed by atoms with Gasteiger partial charge < -0.3 is 15.2 Å². The second-order valence-electron chi connectivity index (χ2n) is 4.04. The molecule has 1 aromatic carbocycles.